The molecule has 26 heavy (non-hydrogen) atoms. The molecule has 0 fully saturated rings. The molecule has 0 unspecified atom stereocenters. The summed E-state index contributed by atoms with van der Waals surface area (Å²) in [4.78, 5) is 8.87. The second kappa shape index (κ2) is 9.25. The number of aromatic amines is 1. The Morgan fingerprint density at radius 2 is 1.42 bits per heavy atom. The van der Waals surface area contributed by atoms with Gasteiger partial charge in [0.25, 0.3) is 0 Å². The first-order chi connectivity index (χ1) is 12.8. The fourth-order valence-corrected chi connectivity index (χ4v) is 20.5. The van der Waals surface area contributed by atoms with Crippen LogP contribution in [0.2, 0.25) is 13.3 Å². The molecule has 1 aromatic carbocycles. The average molecular weight is 457 g/mol. The van der Waals surface area contributed by atoms with Crippen molar-refractivity contribution in [3.05, 3.63) is 36.5 Å². The van der Waals surface area contributed by atoms with Gasteiger partial charge in [0.05, 0.1) is 0 Å². The Morgan fingerprint density at radius 3 is 2.04 bits per heavy atom. The number of rotatable bonds is 10. The summed E-state index contributed by atoms with van der Waals surface area (Å²) in [6, 6.07) is 11.0. The van der Waals surface area contributed by atoms with E-state index in [2.05, 4.69) is 62.3 Å². The van der Waals surface area contributed by atoms with Crippen LogP contribution in [0.5, 0.6) is 0 Å². The third kappa shape index (κ3) is 3.95. The molecule has 2 nitrogen and oxygen atoms in total. The van der Waals surface area contributed by atoms with Crippen molar-refractivity contribution in [2.24, 2.45) is 0 Å². The summed E-state index contributed by atoms with van der Waals surface area (Å²) in [6.45, 7) is 7.02. The molecule has 3 heteroatoms. The van der Waals surface area contributed by atoms with Gasteiger partial charge in [-0.15, -0.1) is 0 Å². The number of para-hydroxylation sites is 1. The van der Waals surface area contributed by atoms with Crippen LogP contribution in [0.4, 0.5) is 0 Å². The van der Waals surface area contributed by atoms with Crippen molar-refractivity contribution in [1.29, 1.82) is 0 Å². The zero-order valence-corrected chi connectivity index (χ0v) is 19.6. The first kappa shape index (κ1) is 19.7. The summed E-state index contributed by atoms with van der Waals surface area (Å²) >= 11 is -2.53. The van der Waals surface area contributed by atoms with Gasteiger partial charge >= 0.3 is 163 Å². The first-order valence-electron chi connectivity index (χ1n) is 10.6. The van der Waals surface area contributed by atoms with Crippen LogP contribution in [0, 0.1) is 0 Å². The Labute approximate surface area is 162 Å². The van der Waals surface area contributed by atoms with Gasteiger partial charge in [0.1, 0.15) is 0 Å². The topological polar surface area (TPSA) is 28.7 Å². The van der Waals surface area contributed by atoms with E-state index < -0.39 is 18.4 Å². The Balaban J connectivity index is 2.17. The Bertz CT molecular complexity index is 815. The fourth-order valence-electron chi connectivity index (χ4n) is 4.45. The van der Waals surface area contributed by atoms with Crippen molar-refractivity contribution in [2.75, 3.05) is 0 Å². The molecule has 1 N–H and O–H groups in total. The monoisotopic (exact) mass is 458 g/mol. The number of nitrogens with one attached hydrogen (secondary N) is 1. The number of benzene rings is 1. The van der Waals surface area contributed by atoms with E-state index in [9.17, 15) is 0 Å². The molecule has 0 radical (unpaired) electrons. The summed E-state index contributed by atoms with van der Waals surface area (Å²) in [5.74, 6) is 0. The van der Waals surface area contributed by atoms with Crippen molar-refractivity contribution >= 4 is 43.9 Å². The number of aromatic nitrogens is 2. The molecule has 0 amide bonds. The van der Waals surface area contributed by atoms with Crippen molar-refractivity contribution < 1.29 is 0 Å². The number of H-pyrrole nitrogens is 1. The van der Waals surface area contributed by atoms with E-state index in [1.807, 2.05) is 0 Å². The van der Waals surface area contributed by atoms with E-state index in [1.54, 1.807) is 0 Å². The Morgan fingerprint density at radius 1 is 0.808 bits per heavy atom. The number of fused-ring (bicyclic) bond motifs is 3. The summed E-state index contributed by atoms with van der Waals surface area (Å²) < 4.78 is 5.93. The molecule has 3 rings (SSSR count). The van der Waals surface area contributed by atoms with Crippen LogP contribution in [0.1, 0.15) is 59.3 Å². The summed E-state index contributed by atoms with van der Waals surface area (Å²) in [7, 11) is 0. The number of hydrogen-bond acceptors (Lipinski definition) is 1. The number of hydrogen-bond donors (Lipinski definition) is 1. The van der Waals surface area contributed by atoms with Crippen molar-refractivity contribution in [2.45, 2.75) is 72.6 Å². The third-order valence-corrected chi connectivity index (χ3v) is 21.1. The third-order valence-electron chi connectivity index (χ3n) is 5.96. The molecule has 0 atom stereocenters. The van der Waals surface area contributed by atoms with Gasteiger partial charge in [0, 0.05) is 0 Å². The zero-order valence-electron chi connectivity index (χ0n) is 16.8. The van der Waals surface area contributed by atoms with Crippen molar-refractivity contribution in [3.8, 4) is 0 Å². The van der Waals surface area contributed by atoms with Gasteiger partial charge in [-0.2, -0.15) is 0 Å². The van der Waals surface area contributed by atoms with Gasteiger partial charge in [-0.05, 0) is 0 Å². The van der Waals surface area contributed by atoms with Gasteiger partial charge in [0.2, 0.25) is 0 Å². The first-order valence-corrected chi connectivity index (χ1v) is 18.1. The Hall–Kier alpha value is -1.03. The van der Waals surface area contributed by atoms with Crippen molar-refractivity contribution in [3.63, 3.8) is 0 Å². The zero-order chi connectivity index (χ0) is 18.4. The molecule has 2 heterocycles. The SMILES string of the molecule is CCC[CH2][Sn]([CH2]CCC)([CH2]CCC)[c]1nccc2c1[nH]c1ccccc12. The standard InChI is InChI=1S/C11H7N2.3C4H9.Sn/c1-2-4-10-8(3-1)9-5-6-12-7-11(9)13-10;3*1-3-4-2;/h1-6,13H;3*1,3-4H2,2H3;. The molecule has 0 aliphatic heterocycles. The van der Waals surface area contributed by atoms with Gasteiger partial charge < -0.3 is 0 Å². The molecule has 3 aromatic rings. The molecule has 0 aliphatic carbocycles. The van der Waals surface area contributed by atoms with Crippen LogP contribution in [-0.2, 0) is 0 Å². The molecular formula is C23H34N2Sn. The van der Waals surface area contributed by atoms with E-state index in [4.69, 9.17) is 4.98 Å². The van der Waals surface area contributed by atoms with Crippen LogP contribution < -0.4 is 3.71 Å². The molecule has 0 saturated carbocycles. The second-order valence-electron chi connectivity index (χ2n) is 7.84. The van der Waals surface area contributed by atoms with Gasteiger partial charge in [-0.25, -0.2) is 0 Å². The quantitative estimate of drug-likeness (QED) is 0.335. The van der Waals surface area contributed by atoms with E-state index in [-0.39, 0.29) is 0 Å². The number of pyridine rings is 1. The van der Waals surface area contributed by atoms with Crippen LogP contribution in [-0.4, -0.2) is 28.3 Å². The van der Waals surface area contributed by atoms with Crippen LogP contribution >= 0.6 is 0 Å². The minimum atomic E-state index is -2.53. The van der Waals surface area contributed by atoms with Crippen LogP contribution in [0.3, 0.4) is 0 Å². The van der Waals surface area contributed by atoms with Gasteiger partial charge in [0.15, 0.2) is 0 Å². The number of nitrogens with zero attached hydrogens (tertiary/aromatic N) is 1. The summed E-state index contributed by atoms with van der Waals surface area (Å²) in [5, 5.41) is 2.74. The molecule has 2 aromatic heterocycles. The summed E-state index contributed by atoms with van der Waals surface area (Å²) in [6.07, 6.45) is 10.1. The summed E-state index contributed by atoms with van der Waals surface area (Å²) in [5.41, 5.74) is 2.63. The van der Waals surface area contributed by atoms with Gasteiger partial charge in [-0.3, -0.25) is 0 Å². The molecule has 140 valence electrons. The fraction of sp³-hybridized carbons (Fsp3) is 0.522. The normalized spacial score (nSPS) is 12.3. The van der Waals surface area contributed by atoms with E-state index in [1.165, 1.54) is 77.4 Å². The van der Waals surface area contributed by atoms with Crippen molar-refractivity contribution in [1.82, 2.24) is 9.97 Å². The van der Waals surface area contributed by atoms with Crippen LogP contribution in [0.25, 0.3) is 21.8 Å². The second-order valence-corrected chi connectivity index (χ2v) is 20.8. The number of unbranched alkanes of at least 4 members (excludes halogenated alkanes) is 3. The molecule has 0 aliphatic rings. The van der Waals surface area contributed by atoms with E-state index in [0.29, 0.717) is 0 Å². The minimum absolute atomic E-state index is 1.26. The van der Waals surface area contributed by atoms with Crippen LogP contribution in [0.15, 0.2) is 36.5 Å². The molecule has 0 bridgehead atoms. The molecule has 0 spiro atoms. The maximum absolute atomic E-state index is 5.10. The average Bonchev–Trinajstić information content (AvgIpc) is 3.06. The molecular weight excluding hydrogens is 423 g/mol. The predicted octanol–water partition coefficient (Wildman–Crippen LogP) is 6.77. The Kier molecular flexibility index (Phi) is 7.02. The predicted molar refractivity (Wildman–Crippen MR) is 118 cm³/mol. The van der Waals surface area contributed by atoms with E-state index >= 15 is 0 Å². The van der Waals surface area contributed by atoms with E-state index in [0.717, 1.165) is 0 Å². The molecule has 0 saturated heterocycles. The van der Waals surface area contributed by atoms with Gasteiger partial charge in [-0.1, -0.05) is 0 Å². The maximum atomic E-state index is 5.10.